The van der Waals surface area contributed by atoms with E-state index < -0.39 is 91.7 Å². The number of methoxy groups -OCH3 is 2. The Bertz CT molecular complexity index is 2120. The summed E-state index contributed by atoms with van der Waals surface area (Å²) in [6.07, 6.45) is 0.722. The van der Waals surface area contributed by atoms with Crippen LogP contribution in [0, 0.1) is 5.92 Å². The molecule has 22 heteroatoms. The highest BCUT2D eigenvalue weighted by atomic mass is 35.5. The van der Waals surface area contributed by atoms with Gasteiger partial charge < -0.3 is 43.9 Å². The zero-order chi connectivity index (χ0) is 48.8. The first-order valence-electron chi connectivity index (χ1n) is 21.0. The van der Waals surface area contributed by atoms with Crippen molar-refractivity contribution in [1.82, 2.24) is 15.5 Å². The van der Waals surface area contributed by atoms with E-state index in [9.17, 15) is 42.0 Å². The number of likely N-dealkylation sites (N-methyl/N-ethyl adjacent to an activating group) is 1. The predicted molar refractivity (Wildman–Crippen MR) is 248 cm³/mol. The second-order valence-electron chi connectivity index (χ2n) is 17.5. The first-order chi connectivity index (χ1) is 30.2. The zero-order valence-corrected chi connectivity index (χ0v) is 41.9. The van der Waals surface area contributed by atoms with Gasteiger partial charge in [0.25, 0.3) is 10.1 Å². The van der Waals surface area contributed by atoms with E-state index in [0.717, 1.165) is 11.1 Å². The number of allylic oxidation sites excluding steroid dienone is 3. The molecule has 4 amide bonds. The number of nitrogens with zero attached hydrogens (tertiary/aromatic N) is 2. The second-order valence-corrected chi connectivity index (χ2v) is 22.6. The van der Waals surface area contributed by atoms with Crippen molar-refractivity contribution < 1.29 is 65.7 Å². The summed E-state index contributed by atoms with van der Waals surface area (Å²) in [6.45, 7) is 10.7. The van der Waals surface area contributed by atoms with Crippen LogP contribution in [-0.2, 0) is 54.7 Å². The van der Waals surface area contributed by atoms with Crippen LogP contribution in [0.2, 0.25) is 5.02 Å². The third kappa shape index (κ3) is 13.5. The number of carbonyl (C=O) groups excluding carboxylic acids is 5. The van der Waals surface area contributed by atoms with Crippen LogP contribution in [0.5, 0.6) is 5.75 Å². The van der Waals surface area contributed by atoms with Gasteiger partial charge in [0, 0.05) is 57.5 Å². The van der Waals surface area contributed by atoms with Crippen LogP contribution < -0.4 is 20.3 Å². The molecule has 65 heavy (non-hydrogen) atoms. The first-order valence-corrected chi connectivity index (χ1v) is 25.2. The third-order valence-electron chi connectivity index (χ3n) is 12.1. The number of hydrogen-bond acceptors (Lipinski definition) is 15. The fraction of sp³-hybridized carbons (Fsp3) is 0.651. The number of hydrogen-bond donors (Lipinski definition) is 4. The normalized spacial score (nSPS) is 28.6. The van der Waals surface area contributed by atoms with E-state index in [1.165, 1.54) is 66.6 Å². The lowest BCUT2D eigenvalue weighted by atomic mass is 9.83. The highest BCUT2D eigenvalue weighted by molar-refractivity contribution is 8.77. The summed E-state index contributed by atoms with van der Waals surface area (Å²) in [6, 6.07) is 2.43. The maximum absolute atomic E-state index is 14.3. The molecule has 0 aliphatic carbocycles. The number of carbonyl (C=O) groups is 5. The maximum Gasteiger partial charge on any atom is 0.409 e. The van der Waals surface area contributed by atoms with Crippen molar-refractivity contribution in [3.05, 3.63) is 46.5 Å². The largest absolute Gasteiger partial charge is 0.495 e. The molecule has 3 aliphatic rings. The molecule has 1 aromatic rings. The van der Waals surface area contributed by atoms with Crippen molar-refractivity contribution in [2.24, 2.45) is 5.92 Å². The highest BCUT2D eigenvalue weighted by Gasteiger charge is 2.64. The van der Waals surface area contributed by atoms with Crippen molar-refractivity contribution in [2.75, 3.05) is 46.0 Å². The van der Waals surface area contributed by atoms with Crippen molar-refractivity contribution in [2.45, 2.75) is 132 Å². The molecule has 2 saturated heterocycles. The van der Waals surface area contributed by atoms with Crippen LogP contribution >= 0.6 is 33.2 Å². The van der Waals surface area contributed by atoms with Gasteiger partial charge in [-0.3, -0.25) is 24.3 Å². The summed E-state index contributed by atoms with van der Waals surface area (Å²) in [4.78, 5) is 69.4. The van der Waals surface area contributed by atoms with Gasteiger partial charge in [-0.2, -0.15) is 8.42 Å². The van der Waals surface area contributed by atoms with E-state index in [-0.39, 0.29) is 42.4 Å². The average molecular weight is 992 g/mol. The molecule has 3 heterocycles. The standard InChI is InChI=1S/C43H63ClN4O14S3/c1-24-13-12-14-32(59-11)43(54)23-30(60-40(53)46-43)25(2)37-42(6,62-37)33(22-35(50)48(9)28-20-27(19-24)21-29(58-10)36(28)44)61-39(52)26(3)47(8)34(49)15-17-41(4,5)64-63-18-16-31(38(51)45-7)65(55,56)57/h12-14,20-21,25-26,30-33,37,54H,15-19,22-23H2,1-11H3,(H,45,51)(H,46,53)(H,55,56,57)/b14-12+,24-13+/t25-,26+,30+,31?,32-,33+,37+,42+,43+/m1/s1. The number of benzene rings is 1. The number of halogens is 1. The van der Waals surface area contributed by atoms with E-state index in [4.69, 9.17) is 35.3 Å². The van der Waals surface area contributed by atoms with Gasteiger partial charge in [-0.1, -0.05) is 63.9 Å². The minimum atomic E-state index is -4.59. The Morgan fingerprint density at radius 3 is 2.51 bits per heavy atom. The summed E-state index contributed by atoms with van der Waals surface area (Å²) in [5.74, 6) is -2.49. The van der Waals surface area contributed by atoms with Gasteiger partial charge >= 0.3 is 12.1 Å². The Kier molecular flexibility index (Phi) is 18.3. The number of esters is 1. The fourth-order valence-electron chi connectivity index (χ4n) is 7.78. The predicted octanol–water partition coefficient (Wildman–Crippen LogP) is 4.85. The number of nitrogens with one attached hydrogen (secondary N) is 2. The number of alkyl carbamates (subject to hydrolysis) is 1. The molecule has 18 nitrogen and oxygen atoms in total. The Hall–Kier alpha value is -3.57. The number of amides is 4. The zero-order valence-electron chi connectivity index (χ0n) is 38.7. The van der Waals surface area contributed by atoms with Gasteiger partial charge in [0.15, 0.2) is 11.0 Å². The first kappa shape index (κ1) is 54.0. The molecule has 4 N–H and O–H groups in total. The quantitative estimate of drug-likeness (QED) is 0.0604. The van der Waals surface area contributed by atoms with Gasteiger partial charge in [-0.15, -0.1) is 0 Å². The lowest BCUT2D eigenvalue weighted by Gasteiger charge is -2.42. The maximum atomic E-state index is 14.3. The Balaban J connectivity index is 1.57. The molecule has 9 atom stereocenters. The molecule has 2 fully saturated rings. The monoisotopic (exact) mass is 990 g/mol. The average Bonchev–Trinajstić information content (AvgIpc) is 3.93. The number of fused-ring (bicyclic) bond motifs is 5. The van der Waals surface area contributed by atoms with Gasteiger partial charge in [0.1, 0.15) is 40.7 Å². The Morgan fingerprint density at radius 2 is 1.89 bits per heavy atom. The third-order valence-corrected chi connectivity index (χ3v) is 17.0. The van der Waals surface area contributed by atoms with E-state index in [1.54, 1.807) is 45.2 Å². The molecule has 1 unspecified atom stereocenters. The van der Waals surface area contributed by atoms with Crippen molar-refractivity contribution in [3.63, 3.8) is 0 Å². The van der Waals surface area contributed by atoms with Crippen LogP contribution in [0.15, 0.2) is 35.9 Å². The van der Waals surface area contributed by atoms with Crippen molar-refractivity contribution in [1.29, 1.82) is 0 Å². The lowest BCUT2D eigenvalue weighted by molar-refractivity contribution is -0.162. The summed E-state index contributed by atoms with van der Waals surface area (Å²) < 4.78 is 61.7. The van der Waals surface area contributed by atoms with Gasteiger partial charge in [0.05, 0.1) is 25.3 Å². The summed E-state index contributed by atoms with van der Waals surface area (Å²) >= 11 is 6.79. The van der Waals surface area contributed by atoms with E-state index in [1.807, 2.05) is 26.8 Å². The van der Waals surface area contributed by atoms with Gasteiger partial charge in [0.2, 0.25) is 17.7 Å². The van der Waals surface area contributed by atoms with Crippen LogP contribution in [0.25, 0.3) is 0 Å². The Labute approximate surface area is 394 Å². The second kappa shape index (κ2) is 22.0. The molecular weight excluding hydrogens is 928 g/mol. The summed E-state index contributed by atoms with van der Waals surface area (Å²) in [7, 11) is 5.27. The van der Waals surface area contributed by atoms with Gasteiger partial charge in [-0.25, -0.2) is 9.59 Å². The summed E-state index contributed by atoms with van der Waals surface area (Å²) in [5, 5.41) is 15.1. The molecule has 0 saturated carbocycles. The SMILES string of the molecule is CNC(=O)C(CCSSC(C)(C)CCC(=O)N(C)[C@@H](C)C(=O)O[C@H]1CC(=O)N(C)c2cc(cc(OC)c2Cl)C/C(C)=C/C=C/[C@@H](OC)[C@@]2(O)C[C@H](OC(=O)N2)[C@@H](C)[C@@H]2O[C@@]12C)S(=O)(=O)O. The molecule has 0 aromatic heterocycles. The minimum absolute atomic E-state index is 0.0350. The Morgan fingerprint density at radius 1 is 1.22 bits per heavy atom. The van der Waals surface area contributed by atoms with Crippen LogP contribution in [0.1, 0.15) is 79.2 Å². The van der Waals surface area contributed by atoms with E-state index in [2.05, 4.69) is 10.6 Å². The fourth-order valence-corrected chi connectivity index (χ4v) is 11.7. The van der Waals surface area contributed by atoms with E-state index in [0.29, 0.717) is 24.3 Å². The van der Waals surface area contributed by atoms with Crippen LogP contribution in [-0.4, -0.2) is 146 Å². The molecular formula is C43H63ClN4O14S3. The van der Waals surface area contributed by atoms with Crippen LogP contribution in [0.4, 0.5) is 10.5 Å². The molecule has 4 rings (SSSR count). The number of aliphatic hydroxyl groups is 1. The topological polar surface area (TPSA) is 240 Å². The van der Waals surface area contributed by atoms with Crippen LogP contribution in [0.3, 0.4) is 0 Å². The van der Waals surface area contributed by atoms with E-state index >= 15 is 0 Å². The molecule has 4 bridgehead atoms. The number of ether oxygens (including phenoxy) is 5. The smallest absolute Gasteiger partial charge is 0.409 e. The van der Waals surface area contributed by atoms with Crippen molar-refractivity contribution >= 4 is 78.8 Å². The molecule has 1 aromatic carbocycles. The molecule has 0 spiro atoms. The number of epoxide rings is 1. The van der Waals surface area contributed by atoms with Crippen molar-refractivity contribution in [3.8, 4) is 5.75 Å². The molecule has 3 aliphatic heterocycles. The minimum Gasteiger partial charge on any atom is -0.495 e. The molecule has 0 radical (unpaired) electrons. The lowest BCUT2D eigenvalue weighted by Crippen LogP contribution is -2.63. The number of rotatable bonds is 15. The number of anilines is 1. The van der Waals surface area contributed by atoms with Gasteiger partial charge in [-0.05, 0) is 71.6 Å². The summed E-state index contributed by atoms with van der Waals surface area (Å²) in [5.41, 5.74) is -1.15. The molecule has 364 valence electrons. The highest BCUT2D eigenvalue weighted by Crippen LogP contribution is 2.49.